The van der Waals surface area contributed by atoms with Crippen molar-refractivity contribution in [2.24, 2.45) is 0 Å². The fourth-order valence-corrected chi connectivity index (χ4v) is 1.55. The molecule has 1 aromatic heterocycles. The summed E-state index contributed by atoms with van der Waals surface area (Å²) >= 11 is 0. The van der Waals surface area contributed by atoms with Gasteiger partial charge in [0.1, 0.15) is 6.23 Å². The number of hydrogen-bond acceptors (Lipinski definition) is 3. The van der Waals surface area contributed by atoms with Gasteiger partial charge in [0, 0.05) is 12.3 Å². The van der Waals surface area contributed by atoms with Crippen molar-refractivity contribution in [1.82, 2.24) is 10.3 Å². The van der Waals surface area contributed by atoms with Gasteiger partial charge in [-0.1, -0.05) is 0 Å². The highest BCUT2D eigenvalue weighted by Crippen LogP contribution is 2.10. The van der Waals surface area contributed by atoms with E-state index in [-0.39, 0.29) is 12.3 Å². The number of amides is 2. The fraction of sp³-hybridized carbons (Fsp3) is 0.455. The lowest BCUT2D eigenvalue weighted by atomic mass is 10.3. The van der Waals surface area contributed by atoms with Crippen molar-refractivity contribution in [2.75, 3.05) is 11.9 Å². The zero-order chi connectivity index (χ0) is 11.4. The number of carbonyl (C=O) groups is 1. The topological polar surface area (TPSA) is 63.2 Å². The van der Waals surface area contributed by atoms with E-state index in [0.717, 1.165) is 25.1 Å². The van der Waals surface area contributed by atoms with E-state index in [9.17, 15) is 4.79 Å². The van der Waals surface area contributed by atoms with Gasteiger partial charge in [-0.25, -0.2) is 4.79 Å². The molecule has 1 saturated heterocycles. The van der Waals surface area contributed by atoms with Crippen LogP contribution in [0.4, 0.5) is 10.5 Å². The largest absolute Gasteiger partial charge is 0.358 e. The Morgan fingerprint density at radius 2 is 2.44 bits per heavy atom. The maximum atomic E-state index is 11.5. The van der Waals surface area contributed by atoms with Crippen molar-refractivity contribution < 1.29 is 9.53 Å². The Bertz CT molecular complexity index is 358. The van der Waals surface area contributed by atoms with Gasteiger partial charge in [0.2, 0.25) is 0 Å². The van der Waals surface area contributed by atoms with Crippen molar-refractivity contribution in [3.63, 3.8) is 0 Å². The van der Waals surface area contributed by atoms with Crippen LogP contribution in [-0.4, -0.2) is 23.8 Å². The van der Waals surface area contributed by atoms with Crippen LogP contribution in [0.5, 0.6) is 0 Å². The minimum absolute atomic E-state index is 0.154. The normalized spacial score (nSPS) is 19.4. The lowest BCUT2D eigenvalue weighted by Gasteiger charge is -2.12. The minimum Gasteiger partial charge on any atom is -0.358 e. The van der Waals surface area contributed by atoms with E-state index in [1.807, 2.05) is 19.1 Å². The second-order valence-corrected chi connectivity index (χ2v) is 3.79. The first-order valence-corrected chi connectivity index (χ1v) is 5.36. The summed E-state index contributed by atoms with van der Waals surface area (Å²) in [7, 11) is 0. The number of hydrogen-bond donors (Lipinski definition) is 2. The molecule has 0 saturated carbocycles. The number of nitrogens with one attached hydrogen (secondary N) is 2. The molecular formula is C11H15N3O2. The van der Waals surface area contributed by atoms with Crippen molar-refractivity contribution in [3.05, 3.63) is 24.0 Å². The number of aromatic nitrogens is 1. The van der Waals surface area contributed by atoms with Crippen molar-refractivity contribution in [1.29, 1.82) is 0 Å². The van der Waals surface area contributed by atoms with Gasteiger partial charge in [0.25, 0.3) is 0 Å². The molecule has 1 aliphatic heterocycles. The number of nitrogens with zero attached hydrogens (tertiary/aromatic N) is 1. The molecule has 1 aromatic rings. The fourth-order valence-electron chi connectivity index (χ4n) is 1.55. The number of ether oxygens (including phenoxy) is 1. The highest BCUT2D eigenvalue weighted by Gasteiger charge is 2.17. The summed E-state index contributed by atoms with van der Waals surface area (Å²) in [6, 6.07) is 3.41. The molecular weight excluding hydrogens is 206 g/mol. The van der Waals surface area contributed by atoms with E-state index in [0.29, 0.717) is 5.69 Å². The standard InChI is InChI=1S/C11H15N3O2/c1-8-4-5-9(7-12-8)13-11(15)14-10-3-2-6-16-10/h4-5,7,10H,2-3,6H2,1H3,(H2,13,14,15). The molecule has 2 heterocycles. The molecule has 2 amide bonds. The Balaban J connectivity index is 1.84. The number of carbonyl (C=O) groups excluding carboxylic acids is 1. The predicted octanol–water partition coefficient (Wildman–Crippen LogP) is 1.65. The Morgan fingerprint density at radius 3 is 3.06 bits per heavy atom. The second kappa shape index (κ2) is 4.94. The van der Waals surface area contributed by atoms with E-state index in [4.69, 9.17) is 4.74 Å². The van der Waals surface area contributed by atoms with Gasteiger partial charge in [0.15, 0.2) is 0 Å². The van der Waals surface area contributed by atoms with Crippen LogP contribution in [0, 0.1) is 6.92 Å². The monoisotopic (exact) mass is 221 g/mol. The highest BCUT2D eigenvalue weighted by atomic mass is 16.5. The van der Waals surface area contributed by atoms with Crippen molar-refractivity contribution >= 4 is 11.7 Å². The molecule has 0 bridgehead atoms. The van der Waals surface area contributed by atoms with Crippen LogP contribution in [0.1, 0.15) is 18.5 Å². The lowest BCUT2D eigenvalue weighted by Crippen LogP contribution is -2.37. The van der Waals surface area contributed by atoms with Gasteiger partial charge in [-0.3, -0.25) is 4.98 Å². The van der Waals surface area contributed by atoms with Gasteiger partial charge in [-0.05, 0) is 31.9 Å². The van der Waals surface area contributed by atoms with E-state index in [2.05, 4.69) is 15.6 Å². The zero-order valence-electron chi connectivity index (χ0n) is 9.19. The number of anilines is 1. The molecule has 1 aliphatic rings. The van der Waals surface area contributed by atoms with Crippen LogP contribution in [0.15, 0.2) is 18.3 Å². The summed E-state index contributed by atoms with van der Waals surface area (Å²) < 4.78 is 5.29. The van der Waals surface area contributed by atoms with E-state index in [1.54, 1.807) is 6.20 Å². The molecule has 1 fully saturated rings. The Labute approximate surface area is 94.2 Å². The molecule has 0 radical (unpaired) electrons. The molecule has 86 valence electrons. The maximum absolute atomic E-state index is 11.5. The summed E-state index contributed by atoms with van der Waals surface area (Å²) in [5.74, 6) is 0. The Hall–Kier alpha value is -1.62. The summed E-state index contributed by atoms with van der Waals surface area (Å²) in [6.45, 7) is 2.62. The zero-order valence-corrected chi connectivity index (χ0v) is 9.19. The third-order valence-corrected chi connectivity index (χ3v) is 2.39. The third-order valence-electron chi connectivity index (χ3n) is 2.39. The first-order valence-electron chi connectivity index (χ1n) is 5.36. The minimum atomic E-state index is -0.252. The van der Waals surface area contributed by atoms with Crippen LogP contribution in [0.3, 0.4) is 0 Å². The second-order valence-electron chi connectivity index (χ2n) is 3.79. The van der Waals surface area contributed by atoms with Gasteiger partial charge in [-0.15, -0.1) is 0 Å². The van der Waals surface area contributed by atoms with E-state index in [1.165, 1.54) is 0 Å². The lowest BCUT2D eigenvalue weighted by molar-refractivity contribution is 0.0928. The van der Waals surface area contributed by atoms with E-state index < -0.39 is 0 Å². The van der Waals surface area contributed by atoms with Crippen LogP contribution < -0.4 is 10.6 Å². The Kier molecular flexibility index (Phi) is 3.36. The van der Waals surface area contributed by atoms with Gasteiger partial charge in [0.05, 0.1) is 11.9 Å². The maximum Gasteiger partial charge on any atom is 0.321 e. The molecule has 5 nitrogen and oxygen atoms in total. The first kappa shape index (κ1) is 10.9. The summed E-state index contributed by atoms with van der Waals surface area (Å²) in [5.41, 5.74) is 1.60. The molecule has 16 heavy (non-hydrogen) atoms. The van der Waals surface area contributed by atoms with E-state index >= 15 is 0 Å². The molecule has 1 atom stereocenters. The number of pyridine rings is 1. The summed E-state index contributed by atoms with van der Waals surface area (Å²) in [5, 5.41) is 5.45. The number of aryl methyl sites for hydroxylation is 1. The quantitative estimate of drug-likeness (QED) is 0.798. The van der Waals surface area contributed by atoms with Crippen LogP contribution in [0.25, 0.3) is 0 Å². The molecule has 1 unspecified atom stereocenters. The number of rotatable bonds is 2. The smallest absolute Gasteiger partial charge is 0.321 e. The molecule has 0 aromatic carbocycles. The number of urea groups is 1. The highest BCUT2D eigenvalue weighted by molar-refractivity contribution is 5.89. The first-order chi connectivity index (χ1) is 7.74. The van der Waals surface area contributed by atoms with Gasteiger partial charge in [-0.2, -0.15) is 0 Å². The molecule has 2 rings (SSSR count). The molecule has 0 aliphatic carbocycles. The van der Waals surface area contributed by atoms with Crippen LogP contribution >= 0.6 is 0 Å². The van der Waals surface area contributed by atoms with Crippen molar-refractivity contribution in [3.8, 4) is 0 Å². The summed E-state index contributed by atoms with van der Waals surface area (Å²) in [4.78, 5) is 15.6. The molecule has 2 N–H and O–H groups in total. The third kappa shape index (κ3) is 2.93. The average Bonchev–Trinajstić information content (AvgIpc) is 2.74. The van der Waals surface area contributed by atoms with Gasteiger partial charge < -0.3 is 15.4 Å². The molecule has 0 spiro atoms. The average molecular weight is 221 g/mol. The Morgan fingerprint density at radius 1 is 1.56 bits per heavy atom. The molecule has 5 heteroatoms. The van der Waals surface area contributed by atoms with Gasteiger partial charge >= 0.3 is 6.03 Å². The van der Waals surface area contributed by atoms with Crippen molar-refractivity contribution in [2.45, 2.75) is 26.0 Å². The summed E-state index contributed by atoms with van der Waals surface area (Å²) in [6.07, 6.45) is 3.35. The van der Waals surface area contributed by atoms with Crippen LogP contribution in [-0.2, 0) is 4.74 Å². The predicted molar refractivity (Wildman–Crippen MR) is 60.1 cm³/mol. The van der Waals surface area contributed by atoms with Crippen LogP contribution in [0.2, 0.25) is 0 Å². The SMILES string of the molecule is Cc1ccc(NC(=O)NC2CCCO2)cn1.